The van der Waals surface area contributed by atoms with Crippen LogP contribution in [0.25, 0.3) is 0 Å². The molecule has 8 nitrogen and oxygen atoms in total. The molecule has 9 heteroatoms. The van der Waals surface area contributed by atoms with Crippen molar-refractivity contribution in [3.63, 3.8) is 0 Å². The molecular weight excluding hydrogens is 538 g/mol. The van der Waals surface area contributed by atoms with Gasteiger partial charge >= 0.3 is 0 Å². The lowest BCUT2D eigenvalue weighted by atomic mass is 10.0. The van der Waals surface area contributed by atoms with Crippen LogP contribution in [0.1, 0.15) is 37.5 Å². The van der Waals surface area contributed by atoms with E-state index in [0.717, 1.165) is 27.3 Å². The third kappa shape index (κ3) is 9.35. The normalized spacial score (nSPS) is 12.0. The molecule has 0 aliphatic carbocycles. The van der Waals surface area contributed by atoms with E-state index in [0.29, 0.717) is 18.9 Å². The highest BCUT2D eigenvalue weighted by Crippen LogP contribution is 2.30. The van der Waals surface area contributed by atoms with Crippen LogP contribution in [0.2, 0.25) is 0 Å². The number of anilines is 1. The molecule has 0 heterocycles. The van der Waals surface area contributed by atoms with Gasteiger partial charge in [-0.05, 0) is 43.0 Å². The zero-order valence-corrected chi connectivity index (χ0v) is 25.4. The first kappa shape index (κ1) is 31.7. The maximum absolute atomic E-state index is 14.2. The lowest BCUT2D eigenvalue weighted by Gasteiger charge is -2.34. The number of hydrogen-bond donors (Lipinski definition) is 1. The molecule has 0 spiro atoms. The fourth-order valence-electron chi connectivity index (χ4n) is 4.40. The quantitative estimate of drug-likeness (QED) is 0.302. The molecule has 0 bridgehead atoms. The number of carbonyl (C=O) groups excluding carboxylic acids is 2. The maximum Gasteiger partial charge on any atom is 0.244 e. The van der Waals surface area contributed by atoms with Crippen LogP contribution in [-0.2, 0) is 32.6 Å². The van der Waals surface area contributed by atoms with E-state index >= 15 is 0 Å². The molecule has 0 aliphatic heterocycles. The molecule has 3 aromatic carbocycles. The van der Waals surface area contributed by atoms with Gasteiger partial charge in [-0.25, -0.2) is 8.42 Å². The van der Waals surface area contributed by atoms with Crippen LogP contribution in [0.3, 0.4) is 0 Å². The summed E-state index contributed by atoms with van der Waals surface area (Å²) in [5.74, 6) is -0.214. The average Bonchev–Trinajstić information content (AvgIpc) is 2.93. The van der Waals surface area contributed by atoms with Crippen LogP contribution in [0.4, 0.5) is 5.69 Å². The van der Waals surface area contributed by atoms with Crippen LogP contribution < -0.4 is 14.4 Å². The Morgan fingerprint density at radius 2 is 1.54 bits per heavy atom. The predicted octanol–water partition coefficient (Wildman–Crippen LogP) is 4.57. The minimum Gasteiger partial charge on any atom is -0.492 e. The summed E-state index contributed by atoms with van der Waals surface area (Å²) in [4.78, 5) is 29.4. The van der Waals surface area contributed by atoms with Crippen molar-refractivity contribution in [2.75, 3.05) is 30.3 Å². The Balaban J connectivity index is 2.06. The zero-order chi connectivity index (χ0) is 30.0. The Labute approximate surface area is 244 Å². The van der Waals surface area contributed by atoms with Crippen molar-refractivity contribution >= 4 is 27.5 Å². The highest BCUT2D eigenvalue weighted by atomic mass is 32.2. The third-order valence-corrected chi connectivity index (χ3v) is 7.67. The molecule has 220 valence electrons. The molecule has 3 rings (SSSR count). The minimum absolute atomic E-state index is 0.135. The van der Waals surface area contributed by atoms with Gasteiger partial charge in [0.05, 0.1) is 18.6 Å². The van der Waals surface area contributed by atoms with Gasteiger partial charge in [0.15, 0.2) is 0 Å². The molecule has 0 aromatic heterocycles. The minimum atomic E-state index is -3.89. The van der Waals surface area contributed by atoms with E-state index in [1.165, 1.54) is 4.90 Å². The number of carbonyl (C=O) groups is 2. The van der Waals surface area contributed by atoms with Crippen molar-refractivity contribution in [3.8, 4) is 5.75 Å². The number of nitrogens with one attached hydrogen (secondary N) is 1. The van der Waals surface area contributed by atoms with Crippen molar-refractivity contribution in [1.29, 1.82) is 0 Å². The van der Waals surface area contributed by atoms with E-state index in [4.69, 9.17) is 4.74 Å². The molecule has 0 unspecified atom stereocenters. The average molecular weight is 580 g/mol. The second-order valence-corrected chi connectivity index (χ2v) is 12.4. The van der Waals surface area contributed by atoms with Gasteiger partial charge in [0, 0.05) is 19.5 Å². The first-order valence-electron chi connectivity index (χ1n) is 13.9. The largest absolute Gasteiger partial charge is 0.492 e. The lowest BCUT2D eigenvalue weighted by molar-refractivity contribution is -0.140. The lowest BCUT2D eigenvalue weighted by Crippen LogP contribution is -2.53. The number of aryl methyl sites for hydroxylation is 1. The van der Waals surface area contributed by atoms with Gasteiger partial charge in [0.25, 0.3) is 0 Å². The van der Waals surface area contributed by atoms with E-state index in [1.54, 1.807) is 31.2 Å². The number of nitrogens with zero attached hydrogens (tertiary/aromatic N) is 2. The highest BCUT2D eigenvalue weighted by molar-refractivity contribution is 7.92. The maximum atomic E-state index is 14.2. The predicted molar refractivity (Wildman–Crippen MR) is 163 cm³/mol. The standard InChI is InChI=1S/C32H41N3O5S/c1-6-40-30-15-11-10-14-28(30)35(41(5,38)39)23-31(36)34(22-27-18-16-25(4)17-19-27)29(32(37)33-21-24(2)3)20-26-12-8-7-9-13-26/h7-19,24,29H,6,20-23H2,1-5H3,(H,33,37)/t29-/m0/s1. The molecule has 0 radical (unpaired) electrons. The number of amides is 2. The van der Waals surface area contributed by atoms with Gasteiger partial charge in [-0.3, -0.25) is 13.9 Å². The Morgan fingerprint density at radius 3 is 2.15 bits per heavy atom. The SMILES string of the molecule is CCOc1ccccc1N(CC(=O)N(Cc1ccc(C)cc1)[C@@H](Cc1ccccc1)C(=O)NCC(C)C)S(C)(=O)=O. The Bertz CT molecular complexity index is 1390. The van der Waals surface area contributed by atoms with Crippen LogP contribution >= 0.6 is 0 Å². The van der Waals surface area contributed by atoms with E-state index in [-0.39, 0.29) is 30.5 Å². The Morgan fingerprint density at radius 1 is 0.902 bits per heavy atom. The molecule has 3 aromatic rings. The summed E-state index contributed by atoms with van der Waals surface area (Å²) in [5, 5.41) is 2.99. The van der Waals surface area contributed by atoms with Crippen LogP contribution in [-0.4, -0.2) is 57.1 Å². The van der Waals surface area contributed by atoms with Gasteiger partial charge in [-0.2, -0.15) is 0 Å². The summed E-state index contributed by atoms with van der Waals surface area (Å²) >= 11 is 0. The molecule has 0 saturated carbocycles. The first-order valence-corrected chi connectivity index (χ1v) is 15.7. The Kier molecular flexibility index (Phi) is 11.3. The first-order chi connectivity index (χ1) is 19.5. The number of rotatable bonds is 14. The molecule has 0 saturated heterocycles. The van der Waals surface area contributed by atoms with Gasteiger partial charge < -0.3 is 15.0 Å². The number of benzene rings is 3. The molecule has 41 heavy (non-hydrogen) atoms. The van der Waals surface area contributed by atoms with Crippen molar-refractivity contribution in [2.45, 2.75) is 46.7 Å². The number of sulfonamides is 1. The van der Waals surface area contributed by atoms with E-state index in [2.05, 4.69) is 5.32 Å². The van der Waals surface area contributed by atoms with Gasteiger partial charge in [0.2, 0.25) is 21.8 Å². The second kappa shape index (κ2) is 14.7. The summed E-state index contributed by atoms with van der Waals surface area (Å²) < 4.78 is 32.8. The highest BCUT2D eigenvalue weighted by Gasteiger charge is 2.33. The van der Waals surface area contributed by atoms with Gasteiger partial charge in [-0.1, -0.05) is 86.1 Å². The topological polar surface area (TPSA) is 96.0 Å². The number of hydrogen-bond acceptors (Lipinski definition) is 5. The van der Waals surface area contributed by atoms with E-state index in [1.807, 2.05) is 75.4 Å². The van der Waals surface area contributed by atoms with Gasteiger partial charge in [0.1, 0.15) is 18.3 Å². The Hall–Kier alpha value is -3.85. The van der Waals surface area contributed by atoms with Crippen LogP contribution in [0.5, 0.6) is 5.75 Å². The smallest absolute Gasteiger partial charge is 0.244 e. The zero-order valence-electron chi connectivity index (χ0n) is 24.5. The van der Waals surface area contributed by atoms with Crippen molar-refractivity contribution in [3.05, 3.63) is 95.6 Å². The second-order valence-electron chi connectivity index (χ2n) is 10.5. The number of para-hydroxylation sites is 2. The fourth-order valence-corrected chi connectivity index (χ4v) is 5.26. The molecule has 1 atom stereocenters. The molecule has 0 fully saturated rings. The van der Waals surface area contributed by atoms with Crippen molar-refractivity contribution in [2.24, 2.45) is 5.92 Å². The fraction of sp³-hybridized carbons (Fsp3) is 0.375. The third-order valence-electron chi connectivity index (χ3n) is 6.54. The molecule has 1 N–H and O–H groups in total. The number of ether oxygens (including phenoxy) is 1. The van der Waals surface area contributed by atoms with Crippen molar-refractivity contribution < 1.29 is 22.7 Å². The van der Waals surface area contributed by atoms with Crippen molar-refractivity contribution in [1.82, 2.24) is 10.2 Å². The summed E-state index contributed by atoms with van der Waals surface area (Å²) in [6.07, 6.45) is 1.33. The monoisotopic (exact) mass is 579 g/mol. The molecular formula is C32H41N3O5S. The van der Waals surface area contributed by atoms with Crippen LogP contribution in [0.15, 0.2) is 78.9 Å². The summed E-state index contributed by atoms with van der Waals surface area (Å²) in [5.41, 5.74) is 3.06. The molecule has 2 amide bonds. The van der Waals surface area contributed by atoms with E-state index < -0.39 is 28.5 Å². The van der Waals surface area contributed by atoms with Gasteiger partial charge in [-0.15, -0.1) is 0 Å². The summed E-state index contributed by atoms with van der Waals surface area (Å²) in [7, 11) is -3.89. The summed E-state index contributed by atoms with van der Waals surface area (Å²) in [6, 6.07) is 23.1. The summed E-state index contributed by atoms with van der Waals surface area (Å²) in [6.45, 7) is 8.21. The van der Waals surface area contributed by atoms with Crippen LogP contribution in [0, 0.1) is 12.8 Å². The molecule has 0 aliphatic rings. The van der Waals surface area contributed by atoms with E-state index in [9.17, 15) is 18.0 Å².